The summed E-state index contributed by atoms with van der Waals surface area (Å²) in [5.74, 6) is -1.60. The summed E-state index contributed by atoms with van der Waals surface area (Å²) in [5.41, 5.74) is -1.80. The first kappa shape index (κ1) is 12.6. The van der Waals surface area contributed by atoms with Crippen molar-refractivity contribution in [2.45, 2.75) is 40.0 Å². The molecule has 4 unspecified atom stereocenters. The van der Waals surface area contributed by atoms with E-state index in [4.69, 9.17) is 0 Å². The molecule has 0 saturated heterocycles. The largest absolute Gasteiger partial charge is 0.504 e. The lowest BCUT2D eigenvalue weighted by Gasteiger charge is -2.47. The molecule has 0 aromatic heterocycles. The number of carbonyl (C=O) groups excluding carboxylic acids is 3. The average Bonchev–Trinajstić information content (AvgIpc) is 2.59. The van der Waals surface area contributed by atoms with Crippen LogP contribution in [0.4, 0.5) is 0 Å². The first-order valence-corrected chi connectivity index (χ1v) is 6.80. The van der Waals surface area contributed by atoms with Gasteiger partial charge in [0.1, 0.15) is 11.2 Å². The van der Waals surface area contributed by atoms with Crippen molar-refractivity contribution in [1.29, 1.82) is 0 Å². The molecule has 102 valence electrons. The molecule has 0 aromatic carbocycles. The van der Waals surface area contributed by atoms with Crippen molar-refractivity contribution in [2.75, 3.05) is 0 Å². The molecule has 3 aliphatic carbocycles. The van der Waals surface area contributed by atoms with Crippen LogP contribution in [-0.2, 0) is 14.4 Å². The summed E-state index contributed by atoms with van der Waals surface area (Å²) >= 11 is 0. The van der Waals surface area contributed by atoms with Crippen molar-refractivity contribution < 1.29 is 19.5 Å². The van der Waals surface area contributed by atoms with Gasteiger partial charge in [0.05, 0.1) is 0 Å². The molecule has 4 heteroatoms. The number of Topliss-reactive ketones (excluding diaryl/α,β-unsaturated/α-hetero) is 3. The zero-order chi connectivity index (χ0) is 14.2. The third kappa shape index (κ3) is 1.06. The van der Waals surface area contributed by atoms with Crippen LogP contribution in [0.25, 0.3) is 0 Å². The van der Waals surface area contributed by atoms with Gasteiger partial charge in [-0.05, 0) is 31.3 Å². The molecule has 19 heavy (non-hydrogen) atoms. The summed E-state index contributed by atoms with van der Waals surface area (Å²) in [7, 11) is 0. The molecule has 3 aliphatic rings. The molecule has 2 saturated carbocycles. The summed E-state index contributed by atoms with van der Waals surface area (Å²) in [6.07, 6.45) is 1.34. The van der Waals surface area contributed by atoms with Gasteiger partial charge < -0.3 is 5.11 Å². The molecule has 4 nitrogen and oxygen atoms in total. The highest BCUT2D eigenvalue weighted by Gasteiger charge is 2.74. The molecule has 0 amide bonds. The highest BCUT2D eigenvalue weighted by atomic mass is 16.3. The minimum absolute atomic E-state index is 0.00250. The van der Waals surface area contributed by atoms with Crippen molar-refractivity contribution in [2.24, 2.45) is 22.7 Å². The van der Waals surface area contributed by atoms with E-state index in [0.717, 1.165) is 0 Å². The van der Waals surface area contributed by atoms with E-state index < -0.39 is 22.5 Å². The normalized spacial score (nSPS) is 45.7. The topological polar surface area (TPSA) is 71.4 Å². The van der Waals surface area contributed by atoms with Gasteiger partial charge in [0, 0.05) is 17.8 Å². The van der Waals surface area contributed by atoms with Crippen LogP contribution < -0.4 is 0 Å². The Labute approximate surface area is 111 Å². The molecule has 0 aromatic rings. The van der Waals surface area contributed by atoms with Gasteiger partial charge in [-0.15, -0.1) is 0 Å². The number of allylic oxidation sites excluding steroid dienone is 2. The summed E-state index contributed by atoms with van der Waals surface area (Å²) in [6, 6.07) is 0. The molecule has 1 spiro atoms. The van der Waals surface area contributed by atoms with E-state index in [9.17, 15) is 19.5 Å². The quantitative estimate of drug-likeness (QED) is 0.678. The maximum Gasteiger partial charge on any atom is 0.211 e. The van der Waals surface area contributed by atoms with Crippen LogP contribution in [0.2, 0.25) is 0 Å². The van der Waals surface area contributed by atoms with E-state index in [2.05, 4.69) is 0 Å². The lowest BCUT2D eigenvalue weighted by molar-refractivity contribution is -0.161. The van der Waals surface area contributed by atoms with E-state index in [1.807, 2.05) is 6.92 Å². The van der Waals surface area contributed by atoms with Gasteiger partial charge in [-0.25, -0.2) is 0 Å². The number of rotatable bonds is 0. The van der Waals surface area contributed by atoms with E-state index in [1.54, 1.807) is 13.8 Å². The Balaban J connectivity index is 2.33. The zero-order valence-electron chi connectivity index (χ0n) is 11.4. The third-order valence-corrected chi connectivity index (χ3v) is 5.82. The second-order valence-electron chi connectivity index (χ2n) is 6.48. The molecule has 0 aliphatic heterocycles. The monoisotopic (exact) mass is 262 g/mol. The van der Waals surface area contributed by atoms with Crippen molar-refractivity contribution in [1.82, 2.24) is 0 Å². The number of carbonyl (C=O) groups is 3. The average molecular weight is 262 g/mol. The van der Waals surface area contributed by atoms with Crippen LogP contribution in [-0.4, -0.2) is 22.5 Å². The highest BCUT2D eigenvalue weighted by molar-refractivity contribution is 6.23. The van der Waals surface area contributed by atoms with Crippen LogP contribution in [0.15, 0.2) is 11.3 Å². The Hall–Kier alpha value is -1.45. The first-order chi connectivity index (χ1) is 8.78. The van der Waals surface area contributed by atoms with Crippen molar-refractivity contribution >= 4 is 17.3 Å². The molecule has 1 N–H and O–H groups in total. The highest BCUT2D eigenvalue weighted by Crippen LogP contribution is 2.65. The summed E-state index contributed by atoms with van der Waals surface area (Å²) in [4.78, 5) is 37.8. The number of hydrogen-bond donors (Lipinski definition) is 1. The van der Waals surface area contributed by atoms with Gasteiger partial charge in [-0.1, -0.05) is 13.8 Å². The Morgan fingerprint density at radius 3 is 2.53 bits per heavy atom. The van der Waals surface area contributed by atoms with Gasteiger partial charge in [0.15, 0.2) is 11.5 Å². The predicted molar refractivity (Wildman–Crippen MR) is 67.4 cm³/mol. The number of fused-ring (bicyclic) bond motifs is 1. The maximum absolute atomic E-state index is 12.8. The third-order valence-electron chi connectivity index (χ3n) is 5.82. The smallest absolute Gasteiger partial charge is 0.211 e. The standard InChI is InChI=1S/C15H18O4/c1-7-4-5-10(16)14(3)6-9-8(2)11(17)13(19)15(7,14)12(9)18/h7,9,17H,4-6H2,1-3H3. The second kappa shape index (κ2) is 3.35. The molecule has 3 rings (SSSR count). The molecule has 0 radical (unpaired) electrons. The van der Waals surface area contributed by atoms with Gasteiger partial charge in [0.2, 0.25) is 5.78 Å². The summed E-state index contributed by atoms with van der Waals surface area (Å²) < 4.78 is 0. The fourth-order valence-corrected chi connectivity index (χ4v) is 4.64. The van der Waals surface area contributed by atoms with Gasteiger partial charge in [-0.2, -0.15) is 0 Å². The number of aliphatic hydroxyl groups is 1. The minimum Gasteiger partial charge on any atom is -0.504 e. The number of ketones is 3. The minimum atomic E-state index is -1.31. The SMILES string of the molecule is CC1=C(O)C(=O)C23C(=O)C1CC2(C)C(=O)CCC3C. The zero-order valence-corrected chi connectivity index (χ0v) is 11.4. The van der Waals surface area contributed by atoms with Crippen molar-refractivity contribution in [3.05, 3.63) is 11.3 Å². The maximum atomic E-state index is 12.8. The Morgan fingerprint density at radius 1 is 1.26 bits per heavy atom. The molecule has 4 atom stereocenters. The fourth-order valence-electron chi connectivity index (χ4n) is 4.64. The molecule has 2 bridgehead atoms. The predicted octanol–water partition coefficient (Wildman–Crippen LogP) is 1.98. The molecular weight excluding hydrogens is 244 g/mol. The van der Waals surface area contributed by atoms with Crippen LogP contribution in [0, 0.1) is 22.7 Å². The Kier molecular flexibility index (Phi) is 2.22. The lowest BCUT2D eigenvalue weighted by Crippen LogP contribution is -2.59. The lowest BCUT2D eigenvalue weighted by atomic mass is 9.51. The number of hydrogen-bond acceptors (Lipinski definition) is 4. The van der Waals surface area contributed by atoms with Crippen LogP contribution in [0.5, 0.6) is 0 Å². The molecule has 0 heterocycles. The second-order valence-corrected chi connectivity index (χ2v) is 6.48. The van der Waals surface area contributed by atoms with Crippen LogP contribution >= 0.6 is 0 Å². The van der Waals surface area contributed by atoms with Crippen LogP contribution in [0.3, 0.4) is 0 Å². The van der Waals surface area contributed by atoms with Gasteiger partial charge >= 0.3 is 0 Å². The molecular formula is C15H18O4. The first-order valence-electron chi connectivity index (χ1n) is 6.80. The Bertz CT molecular complexity index is 558. The Morgan fingerprint density at radius 2 is 1.89 bits per heavy atom. The van der Waals surface area contributed by atoms with E-state index >= 15 is 0 Å². The van der Waals surface area contributed by atoms with Crippen molar-refractivity contribution in [3.8, 4) is 0 Å². The van der Waals surface area contributed by atoms with E-state index in [0.29, 0.717) is 24.8 Å². The van der Waals surface area contributed by atoms with Gasteiger partial charge in [-0.3, -0.25) is 14.4 Å². The number of aliphatic hydroxyl groups excluding tert-OH is 1. The van der Waals surface area contributed by atoms with E-state index in [1.165, 1.54) is 0 Å². The fraction of sp³-hybridized carbons (Fsp3) is 0.667. The van der Waals surface area contributed by atoms with Crippen molar-refractivity contribution in [3.63, 3.8) is 0 Å². The summed E-state index contributed by atoms with van der Waals surface area (Å²) in [5, 5.41) is 10.1. The van der Waals surface area contributed by atoms with Gasteiger partial charge in [0.25, 0.3) is 0 Å². The molecule has 2 fully saturated rings. The van der Waals surface area contributed by atoms with E-state index in [-0.39, 0.29) is 23.2 Å². The van der Waals surface area contributed by atoms with Crippen LogP contribution in [0.1, 0.15) is 40.0 Å². The summed E-state index contributed by atoms with van der Waals surface area (Å²) in [6.45, 7) is 5.22.